The molecule has 0 saturated heterocycles. The minimum absolute atomic E-state index is 0.213. The maximum atomic E-state index is 12.8. The number of hydrogen-bond acceptors (Lipinski definition) is 7. The van der Waals surface area contributed by atoms with E-state index in [4.69, 9.17) is 0 Å². The van der Waals surface area contributed by atoms with Gasteiger partial charge in [0.2, 0.25) is 5.69 Å². The van der Waals surface area contributed by atoms with Crippen molar-refractivity contribution in [3.8, 4) is 0 Å². The van der Waals surface area contributed by atoms with Crippen LogP contribution in [0.1, 0.15) is 18.1 Å². The lowest BCUT2D eigenvalue weighted by Gasteiger charge is -2.10. The molecule has 0 atom stereocenters. The molecule has 0 amide bonds. The summed E-state index contributed by atoms with van der Waals surface area (Å²) in [4.78, 5) is 23.7. The molecule has 0 saturated carbocycles. The first-order valence-electron chi connectivity index (χ1n) is 6.86. The van der Waals surface area contributed by atoms with Gasteiger partial charge in [-0.3, -0.25) is 30.6 Å². The first-order valence-corrected chi connectivity index (χ1v) is 6.86. The number of hydrogen-bond donors (Lipinski definition) is 1. The molecule has 1 N–H and O–H groups in total. The minimum Gasteiger partial charge on any atom is -0.266 e. The average molecular weight is 369 g/mol. The maximum Gasteiger partial charge on any atom is 0.416 e. The van der Waals surface area contributed by atoms with E-state index in [0.717, 1.165) is 0 Å². The Hall–Kier alpha value is -3.57. The molecule has 1 heterocycles. The smallest absolute Gasteiger partial charge is 0.266 e. The SMILES string of the molecule is CC(=NNc1c([N+](=O)[O-])cc(C(F)(F)F)cc1[N+](=O)[O-])c1cccnc1. The molecule has 2 rings (SSSR count). The van der Waals surface area contributed by atoms with Crippen LogP contribution in [-0.4, -0.2) is 20.5 Å². The Morgan fingerprint density at radius 1 is 1.19 bits per heavy atom. The van der Waals surface area contributed by atoms with E-state index in [1.54, 1.807) is 12.1 Å². The van der Waals surface area contributed by atoms with E-state index in [1.165, 1.54) is 19.3 Å². The third-order valence-electron chi connectivity index (χ3n) is 3.23. The zero-order chi connectivity index (χ0) is 19.5. The topological polar surface area (TPSA) is 124 Å². The van der Waals surface area contributed by atoms with Gasteiger partial charge in [-0.05, 0) is 13.0 Å². The van der Waals surface area contributed by atoms with Crippen LogP contribution in [0.2, 0.25) is 0 Å². The van der Waals surface area contributed by atoms with Gasteiger partial charge in [0.15, 0.2) is 0 Å². The second-order valence-corrected chi connectivity index (χ2v) is 4.95. The number of nitrogens with zero attached hydrogens (tertiary/aromatic N) is 4. The number of alkyl halides is 3. The van der Waals surface area contributed by atoms with Crippen molar-refractivity contribution in [3.63, 3.8) is 0 Å². The van der Waals surface area contributed by atoms with Gasteiger partial charge in [0, 0.05) is 30.1 Å². The summed E-state index contributed by atoms with van der Waals surface area (Å²) in [6.07, 6.45) is -2.06. The van der Waals surface area contributed by atoms with Crippen LogP contribution in [0.5, 0.6) is 0 Å². The highest BCUT2D eigenvalue weighted by Gasteiger charge is 2.37. The number of benzene rings is 1. The van der Waals surface area contributed by atoms with Crippen molar-refractivity contribution in [2.24, 2.45) is 5.10 Å². The number of pyridine rings is 1. The molecule has 1 aromatic carbocycles. The molecule has 26 heavy (non-hydrogen) atoms. The predicted octanol–water partition coefficient (Wildman–Crippen LogP) is 3.75. The Balaban J connectivity index is 2.56. The molecule has 136 valence electrons. The normalized spacial score (nSPS) is 11.9. The number of aromatic nitrogens is 1. The summed E-state index contributed by atoms with van der Waals surface area (Å²) in [6.45, 7) is 1.49. The molecule has 0 unspecified atom stereocenters. The second kappa shape index (κ2) is 7.13. The fourth-order valence-corrected chi connectivity index (χ4v) is 1.96. The first kappa shape index (κ1) is 18.8. The molecule has 2 aromatic rings. The summed E-state index contributed by atoms with van der Waals surface area (Å²) in [6, 6.07) is 3.63. The fourth-order valence-electron chi connectivity index (χ4n) is 1.96. The van der Waals surface area contributed by atoms with Gasteiger partial charge in [0.05, 0.1) is 21.1 Å². The molecule has 0 fully saturated rings. The Labute approximate surface area is 143 Å². The van der Waals surface area contributed by atoms with Crippen LogP contribution in [0.25, 0.3) is 0 Å². The third kappa shape index (κ3) is 4.09. The van der Waals surface area contributed by atoms with Gasteiger partial charge < -0.3 is 0 Å². The minimum atomic E-state index is -4.98. The highest BCUT2D eigenvalue weighted by Crippen LogP contribution is 2.41. The molecule has 1 aromatic heterocycles. The highest BCUT2D eigenvalue weighted by atomic mass is 19.4. The number of rotatable bonds is 5. The van der Waals surface area contributed by atoms with Crippen molar-refractivity contribution in [2.45, 2.75) is 13.1 Å². The van der Waals surface area contributed by atoms with Crippen molar-refractivity contribution >= 4 is 22.8 Å². The molecule has 0 aliphatic carbocycles. The maximum absolute atomic E-state index is 12.8. The van der Waals surface area contributed by atoms with Gasteiger partial charge in [-0.25, -0.2) is 0 Å². The van der Waals surface area contributed by atoms with Crippen LogP contribution >= 0.6 is 0 Å². The lowest BCUT2D eigenvalue weighted by Crippen LogP contribution is -2.10. The van der Waals surface area contributed by atoms with Crippen molar-refractivity contribution in [3.05, 3.63) is 68.0 Å². The van der Waals surface area contributed by atoms with Gasteiger partial charge in [-0.2, -0.15) is 18.3 Å². The van der Waals surface area contributed by atoms with Crippen molar-refractivity contribution in [2.75, 3.05) is 5.43 Å². The number of nitrogens with one attached hydrogen (secondary N) is 1. The molecular weight excluding hydrogens is 359 g/mol. The fraction of sp³-hybridized carbons (Fsp3) is 0.143. The van der Waals surface area contributed by atoms with Crippen LogP contribution < -0.4 is 5.43 Å². The summed E-state index contributed by atoms with van der Waals surface area (Å²) in [5.74, 6) is 0. The Morgan fingerprint density at radius 3 is 2.19 bits per heavy atom. The lowest BCUT2D eigenvalue weighted by molar-refractivity contribution is -0.392. The average Bonchev–Trinajstić information content (AvgIpc) is 2.58. The molecule has 0 aliphatic heterocycles. The number of nitro benzene ring substituents is 2. The van der Waals surface area contributed by atoms with Gasteiger partial charge >= 0.3 is 17.6 Å². The van der Waals surface area contributed by atoms with Gasteiger partial charge in [-0.1, -0.05) is 6.07 Å². The molecule has 0 spiro atoms. The molecular formula is C14H10F3N5O4. The van der Waals surface area contributed by atoms with E-state index in [9.17, 15) is 33.4 Å². The summed E-state index contributed by atoms with van der Waals surface area (Å²) in [5, 5.41) is 26.0. The number of anilines is 1. The predicted molar refractivity (Wildman–Crippen MR) is 84.8 cm³/mol. The zero-order valence-electron chi connectivity index (χ0n) is 13.0. The van der Waals surface area contributed by atoms with Crippen molar-refractivity contribution in [1.82, 2.24) is 4.98 Å². The molecule has 0 radical (unpaired) electrons. The molecule has 9 nitrogen and oxygen atoms in total. The monoisotopic (exact) mass is 369 g/mol. The van der Waals surface area contributed by atoms with E-state index in [1.807, 2.05) is 0 Å². The van der Waals surface area contributed by atoms with E-state index >= 15 is 0 Å². The van der Waals surface area contributed by atoms with E-state index in [-0.39, 0.29) is 17.8 Å². The number of nitro groups is 2. The molecule has 12 heteroatoms. The summed E-state index contributed by atoms with van der Waals surface area (Å²) < 4.78 is 38.5. The standard InChI is InChI=1S/C14H10F3N5O4/c1-8(9-3-2-4-18-7-9)19-20-13-11(21(23)24)5-10(14(15,16)17)6-12(13)22(25)26/h2-7,20H,1H3. The zero-order valence-corrected chi connectivity index (χ0v) is 13.0. The van der Waals surface area contributed by atoms with Gasteiger partial charge in [0.25, 0.3) is 0 Å². The summed E-state index contributed by atoms with van der Waals surface area (Å²) in [5.41, 5.74) is -1.58. The Kier molecular flexibility index (Phi) is 5.14. The Morgan fingerprint density at radius 2 is 1.77 bits per heavy atom. The number of halogens is 3. The number of hydrazone groups is 1. The van der Waals surface area contributed by atoms with Crippen molar-refractivity contribution < 1.29 is 23.0 Å². The van der Waals surface area contributed by atoms with Crippen LogP contribution in [0.15, 0.2) is 41.8 Å². The third-order valence-corrected chi connectivity index (χ3v) is 3.23. The van der Waals surface area contributed by atoms with Crippen LogP contribution in [0, 0.1) is 20.2 Å². The quantitative estimate of drug-likeness (QED) is 0.486. The van der Waals surface area contributed by atoms with E-state index in [2.05, 4.69) is 15.5 Å². The van der Waals surface area contributed by atoms with Gasteiger partial charge in [-0.15, -0.1) is 0 Å². The lowest BCUT2D eigenvalue weighted by atomic mass is 10.1. The summed E-state index contributed by atoms with van der Waals surface area (Å²) in [7, 11) is 0. The molecule has 0 bridgehead atoms. The van der Waals surface area contributed by atoms with Crippen LogP contribution in [-0.2, 0) is 6.18 Å². The highest BCUT2D eigenvalue weighted by molar-refractivity contribution is 5.99. The summed E-state index contributed by atoms with van der Waals surface area (Å²) >= 11 is 0. The first-order chi connectivity index (χ1) is 12.1. The van der Waals surface area contributed by atoms with Crippen LogP contribution in [0.3, 0.4) is 0 Å². The van der Waals surface area contributed by atoms with Gasteiger partial charge in [0.1, 0.15) is 0 Å². The van der Waals surface area contributed by atoms with Crippen LogP contribution in [0.4, 0.5) is 30.2 Å². The van der Waals surface area contributed by atoms with E-state index < -0.39 is 38.6 Å². The Bertz CT molecular complexity index is 849. The van der Waals surface area contributed by atoms with E-state index in [0.29, 0.717) is 5.56 Å². The van der Waals surface area contributed by atoms with Crippen molar-refractivity contribution in [1.29, 1.82) is 0 Å². The second-order valence-electron chi connectivity index (χ2n) is 4.95. The molecule has 0 aliphatic rings. The largest absolute Gasteiger partial charge is 0.416 e.